The van der Waals surface area contributed by atoms with Crippen LogP contribution in [0.5, 0.6) is 0 Å². The van der Waals surface area contributed by atoms with Crippen molar-refractivity contribution in [2.75, 3.05) is 25.5 Å². The molecule has 0 aliphatic carbocycles. The van der Waals surface area contributed by atoms with Gasteiger partial charge in [0.05, 0.1) is 12.6 Å². The Hall–Kier alpha value is -2.04. The Kier molecular flexibility index (Phi) is 4.78. The summed E-state index contributed by atoms with van der Waals surface area (Å²) in [5, 5.41) is 4.12. The molecule has 0 bridgehead atoms. The number of ether oxygens (including phenoxy) is 1. The monoisotopic (exact) mass is 344 g/mol. The summed E-state index contributed by atoms with van der Waals surface area (Å²) in [7, 11) is 1.81. The van der Waals surface area contributed by atoms with Crippen molar-refractivity contribution in [3.8, 4) is 0 Å². The van der Waals surface area contributed by atoms with E-state index >= 15 is 0 Å². The molecule has 0 saturated carbocycles. The third-order valence-electron chi connectivity index (χ3n) is 4.44. The summed E-state index contributed by atoms with van der Waals surface area (Å²) in [6, 6.07) is 17.0. The van der Waals surface area contributed by atoms with E-state index in [2.05, 4.69) is 5.32 Å². The quantitative estimate of drug-likeness (QED) is 0.918. The maximum atomic E-state index is 12.9. The molecule has 1 heterocycles. The molecule has 1 saturated heterocycles. The summed E-state index contributed by atoms with van der Waals surface area (Å²) in [6.07, 6.45) is 0. The van der Waals surface area contributed by atoms with E-state index in [0.29, 0.717) is 18.2 Å². The topological polar surface area (TPSA) is 41.6 Å². The van der Waals surface area contributed by atoms with Crippen LogP contribution in [0.2, 0.25) is 5.02 Å². The van der Waals surface area contributed by atoms with Gasteiger partial charge in [-0.05, 0) is 36.8 Å². The third kappa shape index (κ3) is 3.25. The zero-order valence-corrected chi connectivity index (χ0v) is 14.6. The SMILES string of the molecule is CN1CCOC(C)(C(Nc2ccccc2)c2ccc(Cl)cc2)C1=O. The van der Waals surface area contributed by atoms with Crippen molar-refractivity contribution < 1.29 is 9.53 Å². The fourth-order valence-corrected chi connectivity index (χ4v) is 3.17. The van der Waals surface area contributed by atoms with Gasteiger partial charge in [-0.3, -0.25) is 4.79 Å². The second-order valence-corrected chi connectivity index (χ2v) is 6.61. The molecular formula is C19H21ClN2O2. The van der Waals surface area contributed by atoms with Crippen molar-refractivity contribution in [3.63, 3.8) is 0 Å². The Morgan fingerprint density at radius 1 is 1.17 bits per heavy atom. The third-order valence-corrected chi connectivity index (χ3v) is 4.69. The van der Waals surface area contributed by atoms with Gasteiger partial charge in [0.2, 0.25) is 0 Å². The van der Waals surface area contributed by atoms with Crippen LogP contribution in [0.1, 0.15) is 18.5 Å². The second-order valence-electron chi connectivity index (χ2n) is 6.18. The first-order valence-corrected chi connectivity index (χ1v) is 8.35. The number of anilines is 1. The lowest BCUT2D eigenvalue weighted by Crippen LogP contribution is -2.58. The largest absolute Gasteiger partial charge is 0.375 e. The lowest BCUT2D eigenvalue weighted by Gasteiger charge is -2.43. The fraction of sp³-hybridized carbons (Fsp3) is 0.316. The zero-order chi connectivity index (χ0) is 17.2. The van der Waals surface area contributed by atoms with Crippen LogP contribution in [0.3, 0.4) is 0 Å². The normalized spacial score (nSPS) is 22.3. The van der Waals surface area contributed by atoms with Crippen LogP contribution in [0.25, 0.3) is 0 Å². The van der Waals surface area contributed by atoms with Gasteiger partial charge in [0.15, 0.2) is 5.60 Å². The van der Waals surface area contributed by atoms with Gasteiger partial charge < -0.3 is 15.0 Å². The van der Waals surface area contributed by atoms with Crippen LogP contribution in [0, 0.1) is 0 Å². The molecule has 1 aliphatic rings. The molecule has 1 aliphatic heterocycles. The van der Waals surface area contributed by atoms with Crippen LogP contribution < -0.4 is 5.32 Å². The number of halogens is 1. The van der Waals surface area contributed by atoms with Gasteiger partial charge in [-0.2, -0.15) is 0 Å². The minimum Gasteiger partial charge on any atom is -0.375 e. The average Bonchev–Trinajstić information content (AvgIpc) is 2.59. The maximum absolute atomic E-state index is 12.9. The van der Waals surface area contributed by atoms with Crippen molar-refractivity contribution in [2.24, 2.45) is 0 Å². The molecule has 1 amide bonds. The Morgan fingerprint density at radius 3 is 2.50 bits per heavy atom. The molecule has 126 valence electrons. The summed E-state index contributed by atoms with van der Waals surface area (Å²) >= 11 is 6.02. The highest BCUT2D eigenvalue weighted by molar-refractivity contribution is 6.30. The molecule has 2 unspecified atom stereocenters. The summed E-state index contributed by atoms with van der Waals surface area (Å²) in [5.74, 6) is -0.0304. The number of amides is 1. The number of benzene rings is 2. The first-order valence-electron chi connectivity index (χ1n) is 7.97. The molecule has 2 aromatic rings. The van der Waals surface area contributed by atoms with E-state index in [4.69, 9.17) is 16.3 Å². The second kappa shape index (κ2) is 6.83. The van der Waals surface area contributed by atoms with Gasteiger partial charge in [-0.1, -0.05) is 41.9 Å². The smallest absolute Gasteiger partial charge is 0.256 e. The van der Waals surface area contributed by atoms with Crippen molar-refractivity contribution in [3.05, 3.63) is 65.2 Å². The summed E-state index contributed by atoms with van der Waals surface area (Å²) in [4.78, 5) is 14.6. The molecule has 0 aromatic heterocycles. The van der Waals surface area contributed by atoms with Crippen molar-refractivity contribution >= 4 is 23.2 Å². The van der Waals surface area contributed by atoms with E-state index in [9.17, 15) is 4.79 Å². The first kappa shape index (κ1) is 16.8. The first-order chi connectivity index (χ1) is 11.5. The number of carbonyl (C=O) groups is 1. The molecular weight excluding hydrogens is 324 g/mol. The minimum absolute atomic E-state index is 0.0304. The number of hydrogen-bond donors (Lipinski definition) is 1. The van der Waals surface area contributed by atoms with Gasteiger partial charge in [0, 0.05) is 24.3 Å². The molecule has 1 fully saturated rings. The molecule has 24 heavy (non-hydrogen) atoms. The number of likely N-dealkylation sites (N-methyl/N-ethyl adjacent to an activating group) is 1. The van der Waals surface area contributed by atoms with E-state index in [1.165, 1.54) is 0 Å². The summed E-state index contributed by atoms with van der Waals surface area (Å²) in [6.45, 7) is 2.96. The molecule has 1 N–H and O–H groups in total. The lowest BCUT2D eigenvalue weighted by molar-refractivity contribution is -0.169. The van der Waals surface area contributed by atoms with Crippen LogP contribution >= 0.6 is 11.6 Å². The molecule has 4 nitrogen and oxygen atoms in total. The molecule has 0 spiro atoms. The van der Waals surface area contributed by atoms with Gasteiger partial charge in [0.25, 0.3) is 5.91 Å². The molecule has 2 atom stereocenters. The van der Waals surface area contributed by atoms with Crippen molar-refractivity contribution in [2.45, 2.75) is 18.6 Å². The highest BCUT2D eigenvalue weighted by Gasteiger charge is 2.47. The molecule has 0 radical (unpaired) electrons. The Bertz CT molecular complexity index is 705. The Morgan fingerprint density at radius 2 is 1.83 bits per heavy atom. The number of rotatable bonds is 4. The molecule has 2 aromatic carbocycles. The van der Waals surface area contributed by atoms with Gasteiger partial charge in [-0.15, -0.1) is 0 Å². The number of para-hydroxylation sites is 1. The number of carbonyl (C=O) groups excluding carboxylic acids is 1. The Balaban J connectivity index is 2.00. The zero-order valence-electron chi connectivity index (χ0n) is 13.8. The predicted octanol–water partition coefficient (Wildman–Crippen LogP) is 3.74. The minimum atomic E-state index is -0.989. The Labute approximate surface area is 147 Å². The van der Waals surface area contributed by atoms with Crippen LogP contribution in [-0.2, 0) is 9.53 Å². The van der Waals surface area contributed by atoms with E-state index in [1.807, 2.05) is 68.6 Å². The standard InChI is InChI=1S/C19H21ClN2O2/c1-19(18(23)22(2)12-13-24-19)17(14-8-10-15(20)11-9-14)21-16-6-4-3-5-7-16/h3-11,17,21H,12-13H2,1-2H3. The van der Waals surface area contributed by atoms with E-state index in [1.54, 1.807) is 4.90 Å². The van der Waals surface area contributed by atoms with Crippen LogP contribution in [0.15, 0.2) is 54.6 Å². The molecule has 3 rings (SSSR count). The van der Waals surface area contributed by atoms with Gasteiger partial charge in [-0.25, -0.2) is 0 Å². The van der Waals surface area contributed by atoms with E-state index in [0.717, 1.165) is 11.3 Å². The number of hydrogen-bond acceptors (Lipinski definition) is 3. The van der Waals surface area contributed by atoms with Crippen molar-refractivity contribution in [1.29, 1.82) is 0 Å². The van der Waals surface area contributed by atoms with Gasteiger partial charge >= 0.3 is 0 Å². The average molecular weight is 345 g/mol. The summed E-state index contributed by atoms with van der Waals surface area (Å²) in [5.41, 5.74) is 0.897. The van der Waals surface area contributed by atoms with Crippen molar-refractivity contribution in [1.82, 2.24) is 4.90 Å². The van der Waals surface area contributed by atoms with E-state index in [-0.39, 0.29) is 11.9 Å². The number of morpholine rings is 1. The molecule has 5 heteroatoms. The lowest BCUT2D eigenvalue weighted by atomic mass is 9.87. The number of nitrogens with zero attached hydrogens (tertiary/aromatic N) is 1. The van der Waals surface area contributed by atoms with Gasteiger partial charge in [0.1, 0.15) is 0 Å². The fourth-order valence-electron chi connectivity index (χ4n) is 3.04. The number of nitrogens with one attached hydrogen (secondary N) is 1. The van der Waals surface area contributed by atoms with Crippen LogP contribution in [-0.4, -0.2) is 36.6 Å². The van der Waals surface area contributed by atoms with Crippen LogP contribution in [0.4, 0.5) is 5.69 Å². The maximum Gasteiger partial charge on any atom is 0.256 e. The highest BCUT2D eigenvalue weighted by atomic mass is 35.5. The van der Waals surface area contributed by atoms with E-state index < -0.39 is 5.60 Å². The predicted molar refractivity (Wildman–Crippen MR) is 96.3 cm³/mol. The highest BCUT2D eigenvalue weighted by Crippen LogP contribution is 2.36. The summed E-state index contributed by atoms with van der Waals surface area (Å²) < 4.78 is 5.98.